The summed E-state index contributed by atoms with van der Waals surface area (Å²) in [6.07, 6.45) is 1.87. The van der Waals surface area contributed by atoms with E-state index in [0.29, 0.717) is 19.4 Å². The largest absolute Gasteiger partial charge is 0.379 e. The number of hydrogen-bond acceptors (Lipinski definition) is 8. The summed E-state index contributed by atoms with van der Waals surface area (Å²) in [6.45, 7) is 20.2. The zero-order chi connectivity index (χ0) is 42.7. The lowest BCUT2D eigenvalue weighted by molar-refractivity contribution is -0.149. The van der Waals surface area contributed by atoms with Crippen LogP contribution in [-0.2, 0) is 39.9 Å². The number of methoxy groups -OCH3 is 2. The van der Waals surface area contributed by atoms with Crippen LogP contribution in [-0.4, -0.2) is 116 Å². The molecule has 0 aliphatic carbocycles. The molecule has 0 N–H and O–H groups in total. The van der Waals surface area contributed by atoms with Crippen LogP contribution in [0.2, 0.25) is 0 Å². The Balaban J connectivity index is 2.32. The van der Waals surface area contributed by atoms with Crippen LogP contribution in [0.4, 0.5) is 0 Å². The molecule has 1 aromatic rings. The zero-order valence-electron chi connectivity index (χ0n) is 37.6. The van der Waals surface area contributed by atoms with Crippen molar-refractivity contribution in [1.82, 2.24) is 14.7 Å². The number of likely N-dealkylation sites (N-methyl/N-ethyl adjacent to an activating group) is 2. The first kappa shape index (κ1) is 49.2. The highest BCUT2D eigenvalue weighted by Crippen LogP contribution is 2.33. The molecule has 1 aliphatic rings. The molecule has 56 heavy (non-hydrogen) atoms. The lowest BCUT2D eigenvalue weighted by Crippen LogP contribution is -2.54. The number of ketones is 3. The number of carbonyl (C=O) groups is 5. The van der Waals surface area contributed by atoms with Crippen LogP contribution < -0.4 is 0 Å². The first-order valence-electron chi connectivity index (χ1n) is 21.0. The molecule has 2 rings (SSSR count). The number of carbonyl (C=O) groups excluding carboxylic acids is 5. The molecule has 1 heterocycles. The Hall–Kier alpha value is -2.95. The fourth-order valence-electron chi connectivity index (χ4n) is 9.00. The van der Waals surface area contributed by atoms with Crippen LogP contribution in [0.3, 0.4) is 0 Å². The normalized spacial score (nSPS) is 19.3. The number of benzene rings is 1. The summed E-state index contributed by atoms with van der Waals surface area (Å²) >= 11 is 0. The van der Waals surface area contributed by atoms with Gasteiger partial charge in [-0.15, -0.1) is 0 Å². The fourth-order valence-corrected chi connectivity index (χ4v) is 9.00. The second-order valence-corrected chi connectivity index (χ2v) is 18.4. The van der Waals surface area contributed by atoms with Crippen molar-refractivity contribution in [3.63, 3.8) is 0 Å². The molecule has 10 heteroatoms. The standard InChI is InChI=1S/C46H77N3O7/c1-16-31(6)42(48(13)45(54)35(29(2)3)27-38(51)41(30(4)5)47(11)12)39(55-14)28-40(52)49-24-20-23-36(49)43(56-15)32(7)37(50)26-34(44(53)46(8,9)10)25-33-21-18-17-19-22-33/h17-19,21-22,29-32,34-36,39,41-43H,16,20,23-28H2,1-15H3/t31-,32-,34+,35?,36-,39+,41?,42?,43+/m0/s1. The van der Waals surface area contributed by atoms with Crippen molar-refractivity contribution in [1.29, 1.82) is 0 Å². The number of hydrogen-bond donors (Lipinski definition) is 0. The van der Waals surface area contributed by atoms with E-state index in [0.717, 1.165) is 18.4 Å². The minimum absolute atomic E-state index is 0.00813. The number of amides is 2. The van der Waals surface area contributed by atoms with E-state index < -0.39 is 41.4 Å². The van der Waals surface area contributed by atoms with Crippen LogP contribution in [0.25, 0.3) is 0 Å². The SMILES string of the molecule is CC[C@H](C)C([C@@H](CC(=O)N1CCC[C@H]1[C@H](OC)[C@@H](C)C(=O)C[C@@H](Cc1ccccc1)C(=O)C(C)(C)C)OC)N(C)C(=O)C(CC(=O)C(C(C)C)N(C)C)C(C)C. The monoisotopic (exact) mass is 784 g/mol. The molecule has 0 bridgehead atoms. The summed E-state index contributed by atoms with van der Waals surface area (Å²) in [6, 6.07) is 8.79. The Morgan fingerprint density at radius 2 is 1.45 bits per heavy atom. The highest BCUT2D eigenvalue weighted by molar-refractivity contribution is 5.92. The summed E-state index contributed by atoms with van der Waals surface area (Å²) < 4.78 is 12.1. The Morgan fingerprint density at radius 1 is 0.839 bits per heavy atom. The smallest absolute Gasteiger partial charge is 0.226 e. The maximum absolute atomic E-state index is 14.3. The molecular weight excluding hydrogens is 707 g/mol. The van der Waals surface area contributed by atoms with E-state index in [4.69, 9.17) is 9.47 Å². The van der Waals surface area contributed by atoms with Gasteiger partial charge in [0.25, 0.3) is 0 Å². The molecule has 0 aromatic heterocycles. The van der Waals surface area contributed by atoms with Gasteiger partial charge in [0, 0.05) is 63.8 Å². The van der Waals surface area contributed by atoms with E-state index in [2.05, 4.69) is 13.8 Å². The van der Waals surface area contributed by atoms with E-state index in [1.807, 2.05) is 110 Å². The van der Waals surface area contributed by atoms with E-state index in [-0.39, 0.29) is 78.3 Å². The summed E-state index contributed by atoms with van der Waals surface area (Å²) in [5.41, 5.74) is 0.414. The third kappa shape index (κ3) is 13.0. The second-order valence-electron chi connectivity index (χ2n) is 18.4. The van der Waals surface area contributed by atoms with Gasteiger partial charge in [0.2, 0.25) is 11.8 Å². The first-order valence-corrected chi connectivity index (χ1v) is 21.0. The van der Waals surface area contributed by atoms with Crippen molar-refractivity contribution < 1.29 is 33.4 Å². The first-order chi connectivity index (χ1) is 26.1. The third-order valence-electron chi connectivity index (χ3n) is 12.3. The topological polar surface area (TPSA) is 114 Å². The molecule has 1 saturated heterocycles. The van der Waals surface area contributed by atoms with Crippen LogP contribution in [0.5, 0.6) is 0 Å². The summed E-state index contributed by atoms with van der Waals surface area (Å²) in [7, 11) is 8.76. The lowest BCUT2D eigenvalue weighted by atomic mass is 9.76. The number of Topliss-reactive ketones (excluding diaryl/α,β-unsaturated/α-hetero) is 3. The quantitative estimate of drug-likeness (QED) is 0.115. The van der Waals surface area contributed by atoms with Gasteiger partial charge >= 0.3 is 0 Å². The Bertz CT molecular complexity index is 1410. The van der Waals surface area contributed by atoms with Crippen molar-refractivity contribution in [3.8, 4) is 0 Å². The van der Waals surface area contributed by atoms with Crippen LogP contribution in [0.15, 0.2) is 30.3 Å². The summed E-state index contributed by atoms with van der Waals surface area (Å²) in [5.74, 6) is -1.64. The summed E-state index contributed by atoms with van der Waals surface area (Å²) in [5, 5.41) is 0. The second kappa shape index (κ2) is 22.3. The molecule has 318 valence electrons. The fraction of sp³-hybridized carbons (Fsp3) is 0.761. The predicted molar refractivity (Wildman–Crippen MR) is 224 cm³/mol. The van der Waals surface area contributed by atoms with Gasteiger partial charge in [-0.25, -0.2) is 0 Å². The van der Waals surface area contributed by atoms with Crippen LogP contribution in [0, 0.1) is 40.9 Å². The van der Waals surface area contributed by atoms with Gasteiger partial charge in [0.05, 0.1) is 36.8 Å². The maximum Gasteiger partial charge on any atom is 0.226 e. The van der Waals surface area contributed by atoms with Gasteiger partial charge in [-0.2, -0.15) is 0 Å². The Morgan fingerprint density at radius 3 is 1.93 bits per heavy atom. The van der Waals surface area contributed by atoms with Gasteiger partial charge in [0.15, 0.2) is 5.78 Å². The average Bonchev–Trinajstić information content (AvgIpc) is 3.62. The molecule has 9 atom stereocenters. The van der Waals surface area contributed by atoms with Gasteiger partial charge in [-0.3, -0.25) is 28.9 Å². The van der Waals surface area contributed by atoms with Crippen molar-refractivity contribution in [2.45, 2.75) is 145 Å². The number of likely N-dealkylation sites (tertiary alicyclic amines) is 1. The predicted octanol–water partition coefficient (Wildman–Crippen LogP) is 7.16. The van der Waals surface area contributed by atoms with Crippen LogP contribution in [0.1, 0.15) is 113 Å². The number of ether oxygens (including phenoxy) is 2. The van der Waals surface area contributed by atoms with E-state index in [9.17, 15) is 24.0 Å². The lowest BCUT2D eigenvalue weighted by Gasteiger charge is -2.41. The van der Waals surface area contributed by atoms with E-state index in [1.54, 1.807) is 26.2 Å². The van der Waals surface area contributed by atoms with E-state index in [1.165, 1.54) is 0 Å². The van der Waals surface area contributed by atoms with Gasteiger partial charge < -0.3 is 19.3 Å². The third-order valence-corrected chi connectivity index (χ3v) is 12.3. The van der Waals surface area contributed by atoms with E-state index >= 15 is 0 Å². The molecule has 0 spiro atoms. The Kier molecular flexibility index (Phi) is 19.6. The molecule has 3 unspecified atom stereocenters. The number of nitrogens with zero attached hydrogens (tertiary/aromatic N) is 3. The summed E-state index contributed by atoms with van der Waals surface area (Å²) in [4.78, 5) is 75.4. The minimum Gasteiger partial charge on any atom is -0.379 e. The average molecular weight is 784 g/mol. The molecule has 1 aromatic carbocycles. The van der Waals surface area contributed by atoms with Crippen molar-refractivity contribution in [2.75, 3.05) is 41.9 Å². The van der Waals surface area contributed by atoms with Crippen LogP contribution >= 0.6 is 0 Å². The van der Waals surface area contributed by atoms with Crippen molar-refractivity contribution in [3.05, 3.63) is 35.9 Å². The molecular formula is C46H77N3O7. The molecule has 0 saturated carbocycles. The van der Waals surface area contributed by atoms with Crippen molar-refractivity contribution >= 4 is 29.2 Å². The molecule has 1 fully saturated rings. The number of rotatable bonds is 23. The molecule has 10 nitrogen and oxygen atoms in total. The van der Waals surface area contributed by atoms with Gasteiger partial charge in [0.1, 0.15) is 11.6 Å². The Labute approximate surface area is 339 Å². The zero-order valence-corrected chi connectivity index (χ0v) is 37.6. The van der Waals surface area contributed by atoms with Gasteiger partial charge in [-0.05, 0) is 56.7 Å². The van der Waals surface area contributed by atoms with Gasteiger partial charge in [-0.1, -0.05) is 106 Å². The highest BCUT2D eigenvalue weighted by atomic mass is 16.5. The maximum atomic E-state index is 14.3. The highest BCUT2D eigenvalue weighted by Gasteiger charge is 2.44. The minimum atomic E-state index is -0.599. The molecule has 2 amide bonds. The molecule has 1 aliphatic heterocycles. The molecule has 0 radical (unpaired) electrons. The van der Waals surface area contributed by atoms with Crippen molar-refractivity contribution in [2.24, 2.45) is 40.9 Å².